The lowest BCUT2D eigenvalue weighted by Gasteiger charge is -2.41. The first-order valence-corrected chi connectivity index (χ1v) is 10.7. The standard InChI is InChI=1S/C19H26F4N2O3S/c1-13-5-4-6-15(11-13)29(27,28)18(20)9-7-14(8-10-18)25(12-17(2,3)24)16(26)19(21,22)23/h4-6,11,14H,7-10,12,24H2,1-3H3/t14-,18+. The largest absolute Gasteiger partial charge is 0.471 e. The number of nitrogens with zero attached hydrogens (tertiary/aromatic N) is 1. The van der Waals surface area contributed by atoms with E-state index in [0.717, 1.165) is 0 Å². The van der Waals surface area contributed by atoms with E-state index in [1.54, 1.807) is 13.0 Å². The van der Waals surface area contributed by atoms with Crippen LogP contribution in [0.25, 0.3) is 0 Å². The molecule has 0 unspecified atom stereocenters. The molecule has 1 amide bonds. The molecule has 164 valence electrons. The number of sulfone groups is 1. The molecule has 1 saturated carbocycles. The maximum atomic E-state index is 15.4. The third kappa shape index (κ3) is 5.28. The van der Waals surface area contributed by atoms with Crippen LogP contribution in [0.3, 0.4) is 0 Å². The maximum absolute atomic E-state index is 15.4. The molecule has 0 spiro atoms. The molecule has 10 heteroatoms. The topological polar surface area (TPSA) is 80.5 Å². The molecule has 0 saturated heterocycles. The minimum absolute atomic E-state index is 0.162. The Balaban J connectivity index is 2.25. The first-order valence-electron chi connectivity index (χ1n) is 9.24. The molecule has 0 aromatic heterocycles. The van der Waals surface area contributed by atoms with E-state index in [1.807, 2.05) is 0 Å². The van der Waals surface area contributed by atoms with Crippen molar-refractivity contribution in [3.8, 4) is 0 Å². The maximum Gasteiger partial charge on any atom is 0.471 e. The molecule has 0 aliphatic heterocycles. The van der Waals surface area contributed by atoms with Crippen LogP contribution in [0.5, 0.6) is 0 Å². The van der Waals surface area contributed by atoms with Crippen molar-refractivity contribution < 1.29 is 30.8 Å². The van der Waals surface area contributed by atoms with Crippen molar-refractivity contribution in [1.29, 1.82) is 0 Å². The van der Waals surface area contributed by atoms with E-state index in [1.165, 1.54) is 32.0 Å². The molecule has 0 heterocycles. The first-order chi connectivity index (χ1) is 13.1. The SMILES string of the molecule is Cc1cccc(S(=O)(=O)[C@]2(F)CC[C@H](N(CC(C)(C)N)C(=O)C(F)(F)F)CC2)c1. The molecule has 0 atom stereocenters. The molecule has 0 radical (unpaired) electrons. The number of carbonyl (C=O) groups excluding carboxylic acids is 1. The lowest BCUT2D eigenvalue weighted by atomic mass is 9.91. The Morgan fingerprint density at radius 1 is 1.24 bits per heavy atom. The lowest BCUT2D eigenvalue weighted by Crippen LogP contribution is -2.56. The summed E-state index contributed by atoms with van der Waals surface area (Å²) in [5.41, 5.74) is 5.36. The van der Waals surface area contributed by atoms with E-state index in [2.05, 4.69) is 0 Å². The van der Waals surface area contributed by atoms with Crippen molar-refractivity contribution in [2.24, 2.45) is 5.73 Å². The molecule has 1 aliphatic carbocycles. The molecule has 29 heavy (non-hydrogen) atoms. The van der Waals surface area contributed by atoms with Crippen LogP contribution >= 0.6 is 0 Å². The Morgan fingerprint density at radius 3 is 2.24 bits per heavy atom. The van der Waals surface area contributed by atoms with Crippen molar-refractivity contribution in [2.75, 3.05) is 6.54 Å². The quantitative estimate of drug-likeness (QED) is 0.714. The minimum atomic E-state index is -5.09. The van der Waals surface area contributed by atoms with Crippen LogP contribution in [-0.2, 0) is 14.6 Å². The summed E-state index contributed by atoms with van der Waals surface area (Å²) in [5.74, 6) is -2.05. The van der Waals surface area contributed by atoms with Gasteiger partial charge in [-0.05, 0) is 64.2 Å². The van der Waals surface area contributed by atoms with Crippen molar-refractivity contribution in [3.05, 3.63) is 29.8 Å². The van der Waals surface area contributed by atoms with E-state index in [9.17, 15) is 26.4 Å². The zero-order chi connectivity index (χ0) is 22.3. The summed E-state index contributed by atoms with van der Waals surface area (Å²) in [5, 5.41) is -2.59. The van der Waals surface area contributed by atoms with Crippen molar-refractivity contribution in [2.45, 2.75) is 74.1 Å². The number of nitrogens with two attached hydrogens (primary N) is 1. The van der Waals surface area contributed by atoms with E-state index >= 15 is 4.39 Å². The fourth-order valence-corrected chi connectivity index (χ4v) is 5.37. The summed E-state index contributed by atoms with van der Waals surface area (Å²) in [6.07, 6.45) is -6.51. The highest BCUT2D eigenvalue weighted by molar-refractivity contribution is 7.92. The molecular weight excluding hydrogens is 412 g/mol. The van der Waals surface area contributed by atoms with Gasteiger partial charge in [-0.1, -0.05) is 12.1 Å². The zero-order valence-electron chi connectivity index (χ0n) is 16.6. The van der Waals surface area contributed by atoms with Gasteiger partial charge >= 0.3 is 12.1 Å². The summed E-state index contributed by atoms with van der Waals surface area (Å²) in [6.45, 7) is 4.26. The number of hydrogen-bond acceptors (Lipinski definition) is 4. The highest BCUT2D eigenvalue weighted by atomic mass is 32.2. The van der Waals surface area contributed by atoms with Crippen molar-refractivity contribution in [1.82, 2.24) is 4.90 Å². The van der Waals surface area contributed by atoms with Gasteiger partial charge in [-0.15, -0.1) is 0 Å². The third-order valence-corrected chi connectivity index (χ3v) is 7.25. The van der Waals surface area contributed by atoms with Crippen LogP contribution in [0.15, 0.2) is 29.2 Å². The molecule has 1 aromatic rings. The third-order valence-electron chi connectivity index (χ3n) is 5.01. The van der Waals surface area contributed by atoms with Gasteiger partial charge in [0.1, 0.15) is 0 Å². The fourth-order valence-electron chi connectivity index (χ4n) is 3.58. The molecule has 2 rings (SSSR count). The Bertz CT molecular complexity index is 855. The lowest BCUT2D eigenvalue weighted by molar-refractivity contribution is -0.189. The summed E-state index contributed by atoms with van der Waals surface area (Å²) < 4.78 is 80.1. The second-order valence-electron chi connectivity index (χ2n) is 8.35. The van der Waals surface area contributed by atoms with Crippen molar-refractivity contribution >= 4 is 15.7 Å². The average molecular weight is 438 g/mol. The van der Waals surface area contributed by atoms with E-state index < -0.39 is 51.3 Å². The van der Waals surface area contributed by atoms with Gasteiger partial charge in [0, 0.05) is 18.1 Å². The second-order valence-corrected chi connectivity index (χ2v) is 10.6. The van der Waals surface area contributed by atoms with Crippen molar-refractivity contribution in [3.63, 3.8) is 0 Å². The van der Waals surface area contributed by atoms with Crippen LogP contribution in [-0.4, -0.2) is 48.5 Å². The van der Waals surface area contributed by atoms with Gasteiger partial charge in [-0.2, -0.15) is 13.2 Å². The average Bonchev–Trinajstić information content (AvgIpc) is 2.58. The predicted molar refractivity (Wildman–Crippen MR) is 100 cm³/mol. The van der Waals surface area contributed by atoms with Gasteiger partial charge in [0.05, 0.1) is 4.90 Å². The minimum Gasteiger partial charge on any atom is -0.330 e. The summed E-state index contributed by atoms with van der Waals surface area (Å²) in [4.78, 5) is 12.3. The van der Waals surface area contributed by atoms with Gasteiger partial charge in [0.15, 0.2) is 0 Å². The number of rotatable bonds is 5. The van der Waals surface area contributed by atoms with E-state index in [0.29, 0.717) is 10.5 Å². The summed E-state index contributed by atoms with van der Waals surface area (Å²) in [6, 6.07) is 4.90. The highest BCUT2D eigenvalue weighted by Crippen LogP contribution is 2.42. The molecular formula is C19H26F4N2O3S. The predicted octanol–water partition coefficient (Wildman–Crippen LogP) is 3.51. The Labute approximate surface area is 168 Å². The molecule has 1 aromatic carbocycles. The van der Waals surface area contributed by atoms with Gasteiger partial charge in [-0.3, -0.25) is 4.79 Å². The van der Waals surface area contributed by atoms with E-state index in [4.69, 9.17) is 5.73 Å². The van der Waals surface area contributed by atoms with Crippen LogP contribution in [0.4, 0.5) is 17.6 Å². The molecule has 1 fully saturated rings. The second kappa shape index (κ2) is 7.86. The van der Waals surface area contributed by atoms with Crippen LogP contribution < -0.4 is 5.73 Å². The van der Waals surface area contributed by atoms with Gasteiger partial charge < -0.3 is 10.6 Å². The summed E-state index contributed by atoms with van der Waals surface area (Å²) >= 11 is 0. The zero-order valence-corrected chi connectivity index (χ0v) is 17.4. The number of amides is 1. The Morgan fingerprint density at radius 2 is 1.79 bits per heavy atom. The molecule has 1 aliphatic rings. The monoisotopic (exact) mass is 438 g/mol. The van der Waals surface area contributed by atoms with Gasteiger partial charge in [0.25, 0.3) is 0 Å². The molecule has 2 N–H and O–H groups in total. The molecule has 0 bridgehead atoms. The smallest absolute Gasteiger partial charge is 0.330 e. The Hall–Kier alpha value is -1.68. The summed E-state index contributed by atoms with van der Waals surface area (Å²) in [7, 11) is -4.33. The number of halogens is 4. The Kier molecular flexibility index (Phi) is 6.40. The van der Waals surface area contributed by atoms with Crippen LogP contribution in [0.1, 0.15) is 45.1 Å². The normalized spacial score (nSPS) is 23.7. The number of aryl methyl sites for hydroxylation is 1. The number of alkyl halides is 4. The molecule has 5 nitrogen and oxygen atoms in total. The highest BCUT2D eigenvalue weighted by Gasteiger charge is 2.51. The number of benzene rings is 1. The first kappa shape index (κ1) is 23.6. The van der Waals surface area contributed by atoms with Gasteiger partial charge in [0.2, 0.25) is 14.8 Å². The number of carbonyl (C=O) groups is 1. The van der Waals surface area contributed by atoms with Crippen LogP contribution in [0, 0.1) is 6.92 Å². The fraction of sp³-hybridized carbons (Fsp3) is 0.632. The van der Waals surface area contributed by atoms with E-state index in [-0.39, 0.29) is 24.3 Å². The number of hydrogen-bond donors (Lipinski definition) is 1. The van der Waals surface area contributed by atoms with Gasteiger partial charge in [-0.25, -0.2) is 12.8 Å². The van der Waals surface area contributed by atoms with Crippen LogP contribution in [0.2, 0.25) is 0 Å².